The van der Waals surface area contributed by atoms with Crippen molar-refractivity contribution in [1.82, 2.24) is 0 Å². The molecule has 0 aromatic heterocycles. The fraction of sp³-hybridized carbons (Fsp3) is 0.364. The van der Waals surface area contributed by atoms with Gasteiger partial charge < -0.3 is 19.7 Å². The smallest absolute Gasteiger partial charge is 0.198 e. The number of rotatable bonds is 0. The molecule has 6 nitrogen and oxygen atoms in total. The van der Waals surface area contributed by atoms with E-state index in [1.165, 1.54) is 0 Å². The van der Waals surface area contributed by atoms with Gasteiger partial charge in [-0.1, -0.05) is 24.3 Å². The molecule has 1 fully saturated rings. The monoisotopic (exact) mass is 380 g/mol. The van der Waals surface area contributed by atoms with Gasteiger partial charge in [-0.2, -0.15) is 0 Å². The molecule has 0 unspecified atom stereocenters. The molecule has 6 heteroatoms. The lowest BCUT2D eigenvalue weighted by Gasteiger charge is -2.36. The molecular formula is C22H20O6. The molecule has 2 aromatic carbocycles. The van der Waals surface area contributed by atoms with Crippen molar-refractivity contribution < 1.29 is 29.3 Å². The first-order valence-electron chi connectivity index (χ1n) is 9.35. The molecule has 2 N–H and O–H groups in total. The Morgan fingerprint density at radius 3 is 2.04 bits per heavy atom. The van der Waals surface area contributed by atoms with Gasteiger partial charge in [0.25, 0.3) is 0 Å². The van der Waals surface area contributed by atoms with Crippen LogP contribution in [0.15, 0.2) is 24.3 Å². The lowest BCUT2D eigenvalue weighted by molar-refractivity contribution is -0.163. The first-order valence-corrected chi connectivity index (χ1v) is 9.35. The Labute approximate surface area is 161 Å². The van der Waals surface area contributed by atoms with Gasteiger partial charge in [0.1, 0.15) is 11.5 Å². The molecule has 2 aromatic rings. The summed E-state index contributed by atoms with van der Waals surface area (Å²) in [6, 6.07) is 6.47. The molecule has 1 atom stereocenters. The van der Waals surface area contributed by atoms with Crippen molar-refractivity contribution in [1.29, 1.82) is 0 Å². The van der Waals surface area contributed by atoms with E-state index >= 15 is 0 Å². The molecule has 28 heavy (non-hydrogen) atoms. The van der Waals surface area contributed by atoms with Crippen LogP contribution in [0.1, 0.15) is 63.2 Å². The lowest BCUT2D eigenvalue weighted by Crippen LogP contribution is -2.40. The summed E-state index contributed by atoms with van der Waals surface area (Å²) in [6.45, 7) is 4.04. The third kappa shape index (κ3) is 2.22. The number of hydrogen-bond donors (Lipinski definition) is 2. The fourth-order valence-corrected chi connectivity index (χ4v) is 4.73. The number of ketones is 2. The summed E-state index contributed by atoms with van der Waals surface area (Å²) in [5.74, 6) is -2.06. The molecule has 1 spiro atoms. The Bertz CT molecular complexity index is 1070. The van der Waals surface area contributed by atoms with Crippen LogP contribution < -0.4 is 0 Å². The zero-order valence-corrected chi connectivity index (χ0v) is 15.7. The van der Waals surface area contributed by atoms with Gasteiger partial charge in [0.05, 0.1) is 23.3 Å². The lowest BCUT2D eigenvalue weighted by atomic mass is 9.74. The van der Waals surface area contributed by atoms with Crippen LogP contribution >= 0.6 is 0 Å². The van der Waals surface area contributed by atoms with E-state index in [1.54, 1.807) is 24.3 Å². The molecule has 5 rings (SSSR count). The minimum Gasteiger partial charge on any atom is -0.507 e. The highest BCUT2D eigenvalue weighted by atomic mass is 16.8. The van der Waals surface area contributed by atoms with E-state index in [-0.39, 0.29) is 33.8 Å². The van der Waals surface area contributed by atoms with Crippen molar-refractivity contribution in [2.24, 2.45) is 0 Å². The van der Waals surface area contributed by atoms with Crippen molar-refractivity contribution in [3.05, 3.63) is 57.6 Å². The van der Waals surface area contributed by atoms with Crippen LogP contribution in [0.3, 0.4) is 0 Å². The van der Waals surface area contributed by atoms with Crippen LogP contribution in [0.4, 0.5) is 0 Å². The van der Waals surface area contributed by atoms with Crippen molar-refractivity contribution in [2.75, 3.05) is 6.61 Å². The number of phenolic OH excluding ortho intramolecular Hbond substituents is 2. The molecule has 0 amide bonds. The van der Waals surface area contributed by atoms with E-state index < -0.39 is 23.0 Å². The molecule has 0 saturated carbocycles. The van der Waals surface area contributed by atoms with E-state index in [0.29, 0.717) is 37.0 Å². The summed E-state index contributed by atoms with van der Waals surface area (Å²) in [6.07, 6.45) is 1.32. The van der Waals surface area contributed by atoms with Crippen molar-refractivity contribution in [2.45, 2.75) is 44.5 Å². The van der Waals surface area contributed by atoms with Crippen molar-refractivity contribution in [3.8, 4) is 11.5 Å². The van der Waals surface area contributed by atoms with E-state index in [9.17, 15) is 19.8 Å². The maximum Gasteiger partial charge on any atom is 0.198 e. The number of carbonyl (C=O) groups is 2. The van der Waals surface area contributed by atoms with Crippen LogP contribution in [0.5, 0.6) is 11.5 Å². The second-order valence-corrected chi connectivity index (χ2v) is 8.26. The first-order chi connectivity index (χ1) is 13.2. The molecule has 144 valence electrons. The SMILES string of the molecule is CC1(C)OC[C@@]2(CCc3c(O)c4c(c(O)c3C2)C(=O)c2ccccc2C4=O)O1. The zero-order valence-electron chi connectivity index (χ0n) is 15.7. The Hall–Kier alpha value is -2.70. The number of ether oxygens (including phenoxy) is 2. The quantitative estimate of drug-likeness (QED) is 0.583. The molecule has 1 saturated heterocycles. The largest absolute Gasteiger partial charge is 0.507 e. The van der Waals surface area contributed by atoms with Gasteiger partial charge in [0.15, 0.2) is 17.4 Å². The number of fused-ring (bicyclic) bond motifs is 3. The average molecular weight is 380 g/mol. The predicted molar refractivity (Wildman–Crippen MR) is 99.0 cm³/mol. The number of hydrogen-bond acceptors (Lipinski definition) is 6. The number of aromatic hydroxyl groups is 2. The van der Waals surface area contributed by atoms with E-state index in [0.717, 1.165) is 0 Å². The molecule has 3 aliphatic rings. The molecule has 0 radical (unpaired) electrons. The summed E-state index contributed by atoms with van der Waals surface area (Å²) in [7, 11) is 0. The highest BCUT2D eigenvalue weighted by Crippen LogP contribution is 2.49. The minimum atomic E-state index is -0.728. The minimum absolute atomic E-state index is 0.0974. The summed E-state index contributed by atoms with van der Waals surface area (Å²) < 4.78 is 11.8. The van der Waals surface area contributed by atoms with Gasteiger partial charge >= 0.3 is 0 Å². The Morgan fingerprint density at radius 1 is 0.929 bits per heavy atom. The van der Waals surface area contributed by atoms with Crippen LogP contribution in [-0.2, 0) is 22.3 Å². The molecule has 2 aliphatic carbocycles. The van der Waals surface area contributed by atoms with Crippen LogP contribution in [-0.4, -0.2) is 39.8 Å². The highest BCUT2D eigenvalue weighted by Gasteiger charge is 2.49. The maximum absolute atomic E-state index is 13.0. The maximum atomic E-state index is 13.0. The van der Waals surface area contributed by atoms with Gasteiger partial charge in [-0.05, 0) is 26.7 Å². The van der Waals surface area contributed by atoms with Crippen molar-refractivity contribution >= 4 is 11.6 Å². The van der Waals surface area contributed by atoms with Gasteiger partial charge in [-0.25, -0.2) is 0 Å². The Kier molecular flexibility index (Phi) is 3.37. The summed E-state index contributed by atoms with van der Waals surface area (Å²) in [4.78, 5) is 26.0. The average Bonchev–Trinajstić information content (AvgIpc) is 2.96. The Balaban J connectivity index is 1.69. The summed E-state index contributed by atoms with van der Waals surface area (Å²) >= 11 is 0. The van der Waals surface area contributed by atoms with Crippen LogP contribution in [0.25, 0.3) is 0 Å². The van der Waals surface area contributed by atoms with Gasteiger partial charge in [0, 0.05) is 28.7 Å². The molecular weight excluding hydrogens is 360 g/mol. The number of carbonyl (C=O) groups excluding carboxylic acids is 2. The predicted octanol–water partition coefficient (Wildman–Crippen LogP) is 2.88. The molecule has 0 bridgehead atoms. The Morgan fingerprint density at radius 2 is 1.50 bits per heavy atom. The van der Waals surface area contributed by atoms with Crippen LogP contribution in [0.2, 0.25) is 0 Å². The fourth-order valence-electron chi connectivity index (χ4n) is 4.73. The van der Waals surface area contributed by atoms with Crippen molar-refractivity contribution in [3.63, 3.8) is 0 Å². The second-order valence-electron chi connectivity index (χ2n) is 8.26. The van der Waals surface area contributed by atoms with E-state index in [2.05, 4.69) is 0 Å². The zero-order chi connectivity index (χ0) is 19.8. The number of phenols is 2. The van der Waals surface area contributed by atoms with E-state index in [1.807, 2.05) is 13.8 Å². The second kappa shape index (κ2) is 5.43. The van der Waals surface area contributed by atoms with Gasteiger partial charge in [0.2, 0.25) is 0 Å². The highest BCUT2D eigenvalue weighted by molar-refractivity contribution is 6.30. The van der Waals surface area contributed by atoms with Gasteiger partial charge in [-0.15, -0.1) is 0 Å². The summed E-state index contributed by atoms with van der Waals surface area (Å²) in [5.41, 5.74) is 0.627. The standard InChI is InChI=1S/C22H20O6/c1-21(2)27-10-22(28-21)8-7-13-14(9-22)20(26)16-15(19(13)25)17(23)11-5-3-4-6-12(11)18(16)24/h3-6,25-26H,7-10H2,1-2H3/t22-/m0/s1. The number of benzene rings is 2. The van der Waals surface area contributed by atoms with Crippen LogP contribution in [0, 0.1) is 0 Å². The van der Waals surface area contributed by atoms with E-state index in [4.69, 9.17) is 9.47 Å². The third-order valence-electron chi connectivity index (χ3n) is 6.00. The molecule has 1 aliphatic heterocycles. The first kappa shape index (κ1) is 17.4. The normalized spacial score (nSPS) is 24.8. The topological polar surface area (TPSA) is 93.1 Å². The third-order valence-corrected chi connectivity index (χ3v) is 6.00. The summed E-state index contributed by atoms with van der Waals surface area (Å²) in [5, 5.41) is 21.9. The van der Waals surface area contributed by atoms with Gasteiger partial charge in [-0.3, -0.25) is 9.59 Å². The molecule has 1 heterocycles.